The molecule has 0 fully saturated rings. The van der Waals surface area contributed by atoms with Crippen LogP contribution in [0.2, 0.25) is 0 Å². The van der Waals surface area contributed by atoms with E-state index in [-0.39, 0.29) is 101 Å². The molecule has 1 heterocycles. The first-order chi connectivity index (χ1) is 37.3. The Bertz CT molecular complexity index is 2320. The third-order valence-electron chi connectivity index (χ3n) is 10.3. The molecule has 0 unspecified atom stereocenters. The Morgan fingerprint density at radius 3 is 1.33 bits per heavy atom. The second-order valence-corrected chi connectivity index (χ2v) is 17.3. The highest BCUT2D eigenvalue weighted by atomic mass is 16.6. The molecule has 0 radical (unpaired) electrons. The summed E-state index contributed by atoms with van der Waals surface area (Å²) in [6.45, 7) is 13.8. The summed E-state index contributed by atoms with van der Waals surface area (Å²) in [4.78, 5) is 137. The van der Waals surface area contributed by atoms with Crippen LogP contribution in [0.15, 0.2) is 55.5 Å². The molecule has 0 bridgehead atoms. The third-order valence-corrected chi connectivity index (χ3v) is 10.3. The van der Waals surface area contributed by atoms with Gasteiger partial charge < -0.3 is 63.0 Å². The van der Waals surface area contributed by atoms with Gasteiger partial charge in [-0.1, -0.05) is 45.4 Å². The van der Waals surface area contributed by atoms with E-state index in [2.05, 4.69) is 40.7 Å². The van der Waals surface area contributed by atoms with Gasteiger partial charge in [0, 0.05) is 55.7 Å². The van der Waals surface area contributed by atoms with E-state index >= 15 is 0 Å². The highest BCUT2D eigenvalue weighted by molar-refractivity contribution is 5.87. The number of esters is 6. The number of ether oxygens (including phenoxy) is 9. The van der Waals surface area contributed by atoms with Gasteiger partial charge in [0.05, 0.1) is 13.2 Å². The van der Waals surface area contributed by atoms with E-state index < -0.39 is 78.8 Å². The van der Waals surface area contributed by atoms with Crippen LogP contribution in [0, 0.1) is 0 Å². The molecule has 27 nitrogen and oxygen atoms in total. The SMILES string of the molecule is C=C(C)C(=O)OCCOC(=O)CCCCCOC(=O)NCCCCCCN=c1oc(=O)n(CNC(=O)OCC(=O)OCCOC(=O)C(=C)C)c(=O)n1CCCCCCNC(=O)OCCCCCC(=O)OCCOC(=O)C(=C)C. The molecular formula is C51H78N6O21. The first-order valence-corrected chi connectivity index (χ1v) is 25.8. The third kappa shape index (κ3) is 34.8. The fraction of sp³-hybridized carbons (Fsp3) is 0.647. The zero-order valence-electron chi connectivity index (χ0n) is 45.2. The van der Waals surface area contributed by atoms with Gasteiger partial charge in [-0.15, -0.1) is 0 Å². The lowest BCUT2D eigenvalue weighted by Gasteiger charge is -2.11. The molecule has 0 saturated carbocycles. The van der Waals surface area contributed by atoms with Gasteiger partial charge in [-0.05, 0) is 85.0 Å². The van der Waals surface area contributed by atoms with Crippen LogP contribution in [0.25, 0.3) is 0 Å². The van der Waals surface area contributed by atoms with Crippen molar-refractivity contribution < 1.29 is 90.2 Å². The molecule has 0 aliphatic heterocycles. The molecule has 0 aliphatic carbocycles. The molecule has 27 heteroatoms. The fourth-order valence-corrected chi connectivity index (χ4v) is 6.10. The van der Waals surface area contributed by atoms with Gasteiger partial charge in [0.25, 0.3) is 0 Å². The zero-order chi connectivity index (χ0) is 57.9. The van der Waals surface area contributed by atoms with Gasteiger partial charge in [0.2, 0.25) is 0 Å². The van der Waals surface area contributed by atoms with Crippen molar-refractivity contribution in [2.75, 3.05) is 79.1 Å². The summed E-state index contributed by atoms with van der Waals surface area (Å²) in [5, 5.41) is 7.56. The lowest BCUT2D eigenvalue weighted by molar-refractivity contribution is -0.152. The Balaban J connectivity index is 2.58. The predicted octanol–water partition coefficient (Wildman–Crippen LogP) is 3.87. The summed E-state index contributed by atoms with van der Waals surface area (Å²) in [5.74, 6) is -4.71. The fourth-order valence-electron chi connectivity index (χ4n) is 6.10. The topological polar surface area (TPSA) is 342 Å². The van der Waals surface area contributed by atoms with Crippen molar-refractivity contribution in [1.29, 1.82) is 0 Å². The van der Waals surface area contributed by atoms with Crippen LogP contribution in [0.4, 0.5) is 14.4 Å². The Morgan fingerprint density at radius 1 is 0.449 bits per heavy atom. The van der Waals surface area contributed by atoms with Crippen molar-refractivity contribution in [3.63, 3.8) is 0 Å². The number of hydrogen-bond acceptors (Lipinski definition) is 22. The molecule has 0 aromatic carbocycles. The highest BCUT2D eigenvalue weighted by Gasteiger charge is 2.15. The number of hydrogen-bond donors (Lipinski definition) is 3. The van der Waals surface area contributed by atoms with Crippen molar-refractivity contribution in [2.45, 2.75) is 137 Å². The minimum absolute atomic E-state index is 0.0463. The van der Waals surface area contributed by atoms with Gasteiger partial charge in [-0.3, -0.25) is 9.59 Å². The standard InChI is InChI=1S/C51H78N6O21/c1-37(2)43(61)72-32-29-69-40(58)21-13-11-19-27-75-47(64)53-24-16-8-7-15-23-52-46-56(50(67)57(51(68)78-46)36-55-49(66)77-35-42(60)71-31-34-74-45(63)39(5)6)26-18-10-9-17-25-54-48(65)76-28-20-12-14-22-41(59)70-30-33-73-44(62)38(3)4/h1,3,5,7-36H2,2,4,6H3,(H,53,64)(H,54,65)(H,55,66). The van der Waals surface area contributed by atoms with Crippen molar-refractivity contribution >= 4 is 54.1 Å². The maximum absolute atomic E-state index is 13.6. The van der Waals surface area contributed by atoms with E-state index in [1.807, 2.05) is 0 Å². The van der Waals surface area contributed by atoms with Crippen LogP contribution in [-0.2, 0) is 84.6 Å². The molecule has 3 amide bonds. The molecule has 1 aromatic heterocycles. The molecule has 438 valence electrons. The first-order valence-electron chi connectivity index (χ1n) is 25.8. The van der Waals surface area contributed by atoms with E-state index in [0.29, 0.717) is 108 Å². The van der Waals surface area contributed by atoms with E-state index in [1.165, 1.54) is 20.8 Å². The molecule has 0 saturated heterocycles. The Morgan fingerprint density at radius 2 is 0.859 bits per heavy atom. The average molecular weight is 1110 g/mol. The normalized spacial score (nSPS) is 10.8. The van der Waals surface area contributed by atoms with Crippen molar-refractivity contribution in [1.82, 2.24) is 25.1 Å². The number of amides is 3. The quantitative estimate of drug-likeness (QED) is 0.0362. The minimum atomic E-state index is -1.16. The zero-order valence-corrected chi connectivity index (χ0v) is 45.2. The maximum Gasteiger partial charge on any atom is 0.427 e. The number of aromatic nitrogens is 2. The van der Waals surface area contributed by atoms with E-state index in [1.54, 1.807) is 0 Å². The van der Waals surface area contributed by atoms with Gasteiger partial charge in [0.1, 0.15) is 46.3 Å². The summed E-state index contributed by atoms with van der Waals surface area (Å²) in [6.07, 6.45) is 6.28. The number of nitrogens with zero attached hydrogens (tertiary/aromatic N) is 3. The summed E-state index contributed by atoms with van der Waals surface area (Å²) in [6, 6.07) is 0. The second kappa shape index (κ2) is 42.4. The number of nitrogens with one attached hydrogen (secondary N) is 3. The average Bonchev–Trinajstić information content (AvgIpc) is 3.39. The summed E-state index contributed by atoms with van der Waals surface area (Å²) in [5.41, 5.74) is -0.412. The maximum atomic E-state index is 13.6. The van der Waals surface area contributed by atoms with Crippen LogP contribution < -0.4 is 33.1 Å². The number of rotatable bonds is 42. The lowest BCUT2D eigenvalue weighted by Crippen LogP contribution is -2.49. The van der Waals surface area contributed by atoms with Crippen molar-refractivity contribution in [2.24, 2.45) is 4.99 Å². The van der Waals surface area contributed by atoms with Gasteiger partial charge >= 0.3 is 71.2 Å². The minimum Gasteiger partial charge on any atom is -0.462 e. The van der Waals surface area contributed by atoms with E-state index in [4.69, 9.17) is 47.0 Å². The summed E-state index contributed by atoms with van der Waals surface area (Å²) >= 11 is 0. The van der Waals surface area contributed by atoms with Gasteiger partial charge in [-0.25, -0.2) is 57.3 Å². The lowest BCUT2D eigenvalue weighted by atomic mass is 10.2. The number of carbonyl (C=O) groups is 9. The molecular weight excluding hydrogens is 1030 g/mol. The smallest absolute Gasteiger partial charge is 0.427 e. The summed E-state index contributed by atoms with van der Waals surface area (Å²) < 4.78 is 51.7. The Labute approximate surface area is 452 Å². The van der Waals surface area contributed by atoms with Crippen molar-refractivity contribution in [3.05, 3.63) is 63.2 Å². The first kappa shape index (κ1) is 68.3. The molecule has 1 aromatic rings. The van der Waals surface area contributed by atoms with Gasteiger partial charge in [-0.2, -0.15) is 0 Å². The van der Waals surface area contributed by atoms with Crippen molar-refractivity contribution in [3.8, 4) is 0 Å². The number of carbonyl (C=O) groups excluding carboxylic acids is 9. The summed E-state index contributed by atoms with van der Waals surface area (Å²) in [7, 11) is 0. The highest BCUT2D eigenvalue weighted by Crippen LogP contribution is 2.06. The van der Waals surface area contributed by atoms with Gasteiger partial charge in [0.15, 0.2) is 6.61 Å². The van der Waals surface area contributed by atoms with E-state index in [9.17, 15) is 52.7 Å². The van der Waals surface area contributed by atoms with Crippen LogP contribution in [0.1, 0.15) is 124 Å². The molecule has 0 atom stereocenters. The van der Waals surface area contributed by atoms with Crippen LogP contribution in [0.5, 0.6) is 0 Å². The predicted molar refractivity (Wildman–Crippen MR) is 275 cm³/mol. The molecule has 1 rings (SSSR count). The van der Waals surface area contributed by atoms with Crippen LogP contribution >= 0.6 is 0 Å². The Hall–Kier alpha value is -7.74. The Kier molecular flexibility index (Phi) is 37.1. The molecule has 0 spiro atoms. The largest absolute Gasteiger partial charge is 0.462 e. The van der Waals surface area contributed by atoms with Crippen LogP contribution in [-0.4, -0.2) is 142 Å². The monoisotopic (exact) mass is 1110 g/mol. The van der Waals surface area contributed by atoms with E-state index in [0.717, 1.165) is 4.57 Å². The number of alkyl carbamates (subject to hydrolysis) is 3. The molecule has 78 heavy (non-hydrogen) atoms. The second-order valence-electron chi connectivity index (χ2n) is 17.3. The number of unbranched alkanes of at least 4 members (excludes halogenated alkanes) is 10. The molecule has 0 aliphatic rings. The van der Waals surface area contributed by atoms with Crippen LogP contribution in [0.3, 0.4) is 0 Å². The molecule has 3 N–H and O–H groups in total.